The molecule has 0 atom stereocenters. The van der Waals surface area contributed by atoms with Crippen molar-refractivity contribution >= 4 is 0 Å². The SMILES string of the molecule is CCc1cc(C)[c-]c(C)c1.CCc1cc(C)[c-]c(C)c1.[Y]. The number of aryl methyl sites for hydroxylation is 6. The van der Waals surface area contributed by atoms with Crippen LogP contribution >= 0.6 is 0 Å². The first-order chi connectivity index (χ1) is 9.44. The molecule has 0 saturated carbocycles. The van der Waals surface area contributed by atoms with Crippen molar-refractivity contribution in [3.63, 3.8) is 0 Å². The number of hydrogen-bond donors (Lipinski definition) is 0. The zero-order chi connectivity index (χ0) is 15.1. The maximum atomic E-state index is 3.24. The van der Waals surface area contributed by atoms with E-state index in [-0.39, 0.29) is 32.7 Å². The van der Waals surface area contributed by atoms with Gasteiger partial charge in [-0.15, -0.1) is 0 Å². The standard InChI is InChI=1S/2C10H13.Y/c2*1-4-10-6-8(2)5-9(3)7-10;/h2*6-7H,4H2,1-3H3;/q2*-1;. The van der Waals surface area contributed by atoms with Crippen molar-refractivity contribution in [2.45, 2.75) is 54.4 Å². The monoisotopic (exact) mass is 355 g/mol. The van der Waals surface area contributed by atoms with Gasteiger partial charge in [0.2, 0.25) is 0 Å². The Hall–Kier alpha value is -0.456. The van der Waals surface area contributed by atoms with E-state index in [0.29, 0.717) is 0 Å². The molecule has 2 rings (SSSR count). The van der Waals surface area contributed by atoms with E-state index in [1.165, 1.54) is 33.4 Å². The van der Waals surface area contributed by atoms with Crippen LogP contribution in [0.4, 0.5) is 0 Å². The van der Waals surface area contributed by atoms with Crippen molar-refractivity contribution in [1.82, 2.24) is 0 Å². The molecule has 1 heteroatoms. The summed E-state index contributed by atoms with van der Waals surface area (Å²) in [4.78, 5) is 0. The van der Waals surface area contributed by atoms with Crippen molar-refractivity contribution < 1.29 is 32.7 Å². The molecule has 1 radical (unpaired) electrons. The predicted molar refractivity (Wildman–Crippen MR) is 88.3 cm³/mol. The second-order valence-electron chi connectivity index (χ2n) is 5.42. The van der Waals surface area contributed by atoms with Crippen LogP contribution in [-0.2, 0) is 45.6 Å². The average Bonchev–Trinajstić information content (AvgIpc) is 2.37. The van der Waals surface area contributed by atoms with E-state index >= 15 is 0 Å². The fourth-order valence-corrected chi connectivity index (χ4v) is 2.37. The molecular formula is C20H26Y-2. The minimum absolute atomic E-state index is 0. The Labute approximate surface area is 156 Å². The van der Waals surface area contributed by atoms with Crippen LogP contribution in [0.1, 0.15) is 47.2 Å². The van der Waals surface area contributed by atoms with E-state index in [0.717, 1.165) is 12.8 Å². The van der Waals surface area contributed by atoms with Gasteiger partial charge < -0.3 is 0 Å². The number of hydrogen-bond acceptors (Lipinski definition) is 0. The third-order valence-electron chi connectivity index (χ3n) is 3.21. The molecule has 21 heavy (non-hydrogen) atoms. The first-order valence-electron chi connectivity index (χ1n) is 7.43. The second-order valence-corrected chi connectivity index (χ2v) is 5.42. The summed E-state index contributed by atoms with van der Waals surface area (Å²) < 4.78 is 0. The van der Waals surface area contributed by atoms with Crippen molar-refractivity contribution in [3.8, 4) is 0 Å². The quantitative estimate of drug-likeness (QED) is 0.639. The third-order valence-corrected chi connectivity index (χ3v) is 3.21. The van der Waals surface area contributed by atoms with E-state index < -0.39 is 0 Å². The third kappa shape index (κ3) is 7.93. The molecule has 0 saturated heterocycles. The van der Waals surface area contributed by atoms with E-state index in [9.17, 15) is 0 Å². The molecule has 2 aromatic rings. The molecule has 0 nitrogen and oxygen atoms in total. The summed E-state index contributed by atoms with van der Waals surface area (Å²) in [6.45, 7) is 12.7. The molecule has 0 aliphatic heterocycles. The Morgan fingerprint density at radius 3 is 1.05 bits per heavy atom. The minimum atomic E-state index is 0. The Bertz CT molecular complexity index is 464. The van der Waals surface area contributed by atoms with Crippen LogP contribution in [0.15, 0.2) is 24.3 Å². The van der Waals surface area contributed by atoms with E-state index in [4.69, 9.17) is 0 Å². The molecule has 0 N–H and O–H groups in total. The summed E-state index contributed by atoms with van der Waals surface area (Å²) in [7, 11) is 0. The fraction of sp³-hybridized carbons (Fsp3) is 0.400. The summed E-state index contributed by atoms with van der Waals surface area (Å²) in [5.74, 6) is 0. The smallest absolute Gasteiger partial charge is 0 e. The van der Waals surface area contributed by atoms with Crippen LogP contribution < -0.4 is 0 Å². The molecule has 0 aromatic heterocycles. The Morgan fingerprint density at radius 1 is 0.619 bits per heavy atom. The summed E-state index contributed by atoms with van der Waals surface area (Å²) in [5.41, 5.74) is 7.81. The van der Waals surface area contributed by atoms with Gasteiger partial charge in [-0.1, -0.05) is 54.4 Å². The second kappa shape index (κ2) is 10.3. The summed E-state index contributed by atoms with van der Waals surface area (Å²) in [6.07, 6.45) is 2.24. The van der Waals surface area contributed by atoms with Crippen molar-refractivity contribution in [2.24, 2.45) is 0 Å². The van der Waals surface area contributed by atoms with Gasteiger partial charge in [-0.3, -0.25) is 0 Å². The first-order valence-corrected chi connectivity index (χ1v) is 7.43. The number of benzene rings is 2. The normalized spacial score (nSPS) is 9.43. The van der Waals surface area contributed by atoms with Crippen molar-refractivity contribution in [3.05, 3.63) is 69.8 Å². The van der Waals surface area contributed by atoms with Crippen LogP contribution in [0.25, 0.3) is 0 Å². The molecule has 111 valence electrons. The molecule has 0 bridgehead atoms. The van der Waals surface area contributed by atoms with Crippen LogP contribution in [-0.4, -0.2) is 0 Å². The van der Waals surface area contributed by atoms with E-state index in [1.54, 1.807) is 0 Å². The molecule has 0 aliphatic carbocycles. The molecular weight excluding hydrogens is 329 g/mol. The van der Waals surface area contributed by atoms with E-state index in [2.05, 4.69) is 77.9 Å². The number of rotatable bonds is 2. The van der Waals surface area contributed by atoms with E-state index in [1.807, 2.05) is 0 Å². The zero-order valence-electron chi connectivity index (χ0n) is 14.3. The average molecular weight is 355 g/mol. The molecule has 0 amide bonds. The van der Waals surface area contributed by atoms with Crippen molar-refractivity contribution in [2.75, 3.05) is 0 Å². The van der Waals surface area contributed by atoms with Gasteiger partial charge in [-0.2, -0.15) is 69.8 Å². The van der Waals surface area contributed by atoms with Crippen LogP contribution in [0, 0.1) is 39.8 Å². The van der Waals surface area contributed by atoms with Crippen molar-refractivity contribution in [1.29, 1.82) is 0 Å². The molecule has 2 aromatic carbocycles. The molecule has 0 fully saturated rings. The van der Waals surface area contributed by atoms with Gasteiger partial charge in [0.05, 0.1) is 0 Å². The minimum Gasteiger partial charge on any atom is -0.177 e. The van der Waals surface area contributed by atoms with Crippen LogP contribution in [0.3, 0.4) is 0 Å². The maximum Gasteiger partial charge on any atom is 0 e. The topological polar surface area (TPSA) is 0 Å². The largest absolute Gasteiger partial charge is 0.177 e. The Morgan fingerprint density at radius 2 is 0.857 bits per heavy atom. The van der Waals surface area contributed by atoms with Gasteiger partial charge in [0.15, 0.2) is 0 Å². The zero-order valence-corrected chi connectivity index (χ0v) is 17.1. The van der Waals surface area contributed by atoms with Gasteiger partial charge in [0, 0.05) is 32.7 Å². The predicted octanol–water partition coefficient (Wildman–Crippen LogP) is 5.33. The van der Waals surface area contributed by atoms with Crippen LogP contribution in [0.5, 0.6) is 0 Å². The Balaban J connectivity index is 0.000000364. The van der Waals surface area contributed by atoms with Gasteiger partial charge >= 0.3 is 0 Å². The molecule has 0 aliphatic rings. The van der Waals surface area contributed by atoms with Gasteiger partial charge in [0.25, 0.3) is 0 Å². The van der Waals surface area contributed by atoms with Gasteiger partial charge in [-0.05, 0) is 0 Å². The fourth-order valence-electron chi connectivity index (χ4n) is 2.37. The molecule has 0 heterocycles. The summed E-state index contributed by atoms with van der Waals surface area (Å²) >= 11 is 0. The first kappa shape index (κ1) is 20.5. The summed E-state index contributed by atoms with van der Waals surface area (Å²) in [6, 6.07) is 15.2. The van der Waals surface area contributed by atoms with Gasteiger partial charge in [-0.25, -0.2) is 0 Å². The molecule has 0 spiro atoms. The Kier molecular flexibility index (Phi) is 10.1. The van der Waals surface area contributed by atoms with Crippen LogP contribution in [0.2, 0.25) is 0 Å². The molecule has 0 unspecified atom stereocenters. The summed E-state index contributed by atoms with van der Waals surface area (Å²) in [5, 5.41) is 0. The van der Waals surface area contributed by atoms with Gasteiger partial charge in [0.1, 0.15) is 0 Å². The maximum absolute atomic E-state index is 3.24.